The van der Waals surface area contributed by atoms with Crippen molar-refractivity contribution >= 4 is 0 Å². The van der Waals surface area contributed by atoms with E-state index < -0.39 is 12.0 Å². The van der Waals surface area contributed by atoms with Crippen molar-refractivity contribution in [2.75, 3.05) is 0 Å². The molecule has 3 heteroatoms. The first-order chi connectivity index (χ1) is 4.99. The van der Waals surface area contributed by atoms with Crippen molar-refractivity contribution < 1.29 is 13.9 Å². The van der Waals surface area contributed by atoms with Crippen LogP contribution in [0.15, 0.2) is 0 Å². The Morgan fingerprint density at radius 1 is 1.45 bits per heavy atom. The van der Waals surface area contributed by atoms with E-state index in [0.29, 0.717) is 6.42 Å². The monoisotopic (exact) mass is 164 g/mol. The van der Waals surface area contributed by atoms with E-state index in [1.807, 2.05) is 0 Å². The van der Waals surface area contributed by atoms with Crippen molar-refractivity contribution in [1.82, 2.24) is 0 Å². The van der Waals surface area contributed by atoms with Gasteiger partial charge in [-0.25, -0.2) is 8.78 Å². The van der Waals surface area contributed by atoms with Crippen molar-refractivity contribution in [1.29, 1.82) is 0 Å². The molecule has 0 saturated heterocycles. The SMILES string of the molecule is CC(F)(F)CC1CCCC1O. The molecule has 0 heterocycles. The topological polar surface area (TPSA) is 20.2 Å². The molecule has 2 unspecified atom stereocenters. The second-order valence-electron chi connectivity index (χ2n) is 3.53. The number of hydrogen-bond acceptors (Lipinski definition) is 1. The third-order valence-corrected chi connectivity index (χ3v) is 2.24. The lowest BCUT2D eigenvalue weighted by molar-refractivity contribution is -0.0214. The molecule has 0 radical (unpaired) electrons. The number of aliphatic hydroxyl groups is 1. The van der Waals surface area contributed by atoms with E-state index in [2.05, 4.69) is 0 Å². The zero-order valence-electron chi connectivity index (χ0n) is 6.69. The summed E-state index contributed by atoms with van der Waals surface area (Å²) >= 11 is 0. The second-order valence-corrected chi connectivity index (χ2v) is 3.53. The smallest absolute Gasteiger partial charge is 0.245 e. The van der Waals surface area contributed by atoms with Gasteiger partial charge in [-0.2, -0.15) is 0 Å². The van der Waals surface area contributed by atoms with Crippen LogP contribution in [0.4, 0.5) is 8.78 Å². The maximum atomic E-state index is 12.4. The van der Waals surface area contributed by atoms with E-state index in [9.17, 15) is 13.9 Å². The molecular formula is C8H14F2O. The summed E-state index contributed by atoms with van der Waals surface area (Å²) in [6.07, 6.45) is 1.70. The van der Waals surface area contributed by atoms with Gasteiger partial charge >= 0.3 is 0 Å². The molecule has 1 aliphatic rings. The molecule has 11 heavy (non-hydrogen) atoms. The standard InChI is InChI=1S/C8H14F2O/c1-8(9,10)5-6-3-2-4-7(6)11/h6-7,11H,2-5H2,1H3. The van der Waals surface area contributed by atoms with Crippen molar-refractivity contribution in [3.05, 3.63) is 0 Å². The lowest BCUT2D eigenvalue weighted by Gasteiger charge is -2.18. The molecule has 1 nitrogen and oxygen atoms in total. The van der Waals surface area contributed by atoms with Crippen LogP contribution in [0.1, 0.15) is 32.6 Å². The van der Waals surface area contributed by atoms with Crippen LogP contribution in [-0.4, -0.2) is 17.1 Å². The molecule has 0 bridgehead atoms. The van der Waals surface area contributed by atoms with Gasteiger partial charge in [0.25, 0.3) is 0 Å². The molecular weight excluding hydrogens is 150 g/mol. The Labute approximate surface area is 65.4 Å². The highest BCUT2D eigenvalue weighted by molar-refractivity contribution is 4.79. The Morgan fingerprint density at radius 3 is 2.45 bits per heavy atom. The van der Waals surface area contributed by atoms with Crippen LogP contribution in [0.25, 0.3) is 0 Å². The van der Waals surface area contributed by atoms with E-state index in [1.54, 1.807) is 0 Å². The van der Waals surface area contributed by atoms with Crippen LogP contribution in [-0.2, 0) is 0 Å². The van der Waals surface area contributed by atoms with Gasteiger partial charge in [-0.3, -0.25) is 0 Å². The number of alkyl halides is 2. The van der Waals surface area contributed by atoms with E-state index in [4.69, 9.17) is 0 Å². The Morgan fingerprint density at radius 2 is 2.09 bits per heavy atom. The molecule has 2 atom stereocenters. The van der Waals surface area contributed by atoms with E-state index in [1.165, 1.54) is 0 Å². The molecule has 0 aromatic heterocycles. The number of rotatable bonds is 2. The van der Waals surface area contributed by atoms with Crippen LogP contribution < -0.4 is 0 Å². The highest BCUT2D eigenvalue weighted by Gasteiger charge is 2.33. The summed E-state index contributed by atoms with van der Waals surface area (Å²) in [5.74, 6) is -2.79. The van der Waals surface area contributed by atoms with Gasteiger partial charge < -0.3 is 5.11 Å². The maximum absolute atomic E-state index is 12.4. The molecule has 1 saturated carbocycles. The van der Waals surface area contributed by atoms with Crippen LogP contribution in [0.5, 0.6) is 0 Å². The van der Waals surface area contributed by atoms with Crippen molar-refractivity contribution in [3.63, 3.8) is 0 Å². The molecule has 66 valence electrons. The summed E-state index contributed by atoms with van der Waals surface area (Å²) in [6, 6.07) is 0. The van der Waals surface area contributed by atoms with Gasteiger partial charge in [0.2, 0.25) is 5.92 Å². The fraction of sp³-hybridized carbons (Fsp3) is 1.00. The molecule has 1 aliphatic carbocycles. The lowest BCUT2D eigenvalue weighted by Crippen LogP contribution is -2.22. The van der Waals surface area contributed by atoms with Crippen LogP contribution in [0.3, 0.4) is 0 Å². The molecule has 0 aromatic carbocycles. The molecule has 1 rings (SSSR count). The predicted octanol–water partition coefficient (Wildman–Crippen LogP) is 2.19. The molecule has 0 amide bonds. The quantitative estimate of drug-likeness (QED) is 0.663. The average molecular weight is 164 g/mol. The van der Waals surface area contributed by atoms with Crippen LogP contribution in [0.2, 0.25) is 0 Å². The van der Waals surface area contributed by atoms with Crippen LogP contribution in [0, 0.1) is 5.92 Å². The Bertz CT molecular complexity index is 131. The first kappa shape index (κ1) is 8.91. The lowest BCUT2D eigenvalue weighted by atomic mass is 9.98. The van der Waals surface area contributed by atoms with E-state index >= 15 is 0 Å². The number of hydrogen-bond donors (Lipinski definition) is 1. The number of halogens is 2. The van der Waals surface area contributed by atoms with Crippen molar-refractivity contribution in [3.8, 4) is 0 Å². The molecule has 0 spiro atoms. The van der Waals surface area contributed by atoms with Gasteiger partial charge in [0.05, 0.1) is 6.10 Å². The molecule has 0 aliphatic heterocycles. The molecule has 1 fully saturated rings. The minimum atomic E-state index is -2.62. The Hall–Kier alpha value is -0.180. The predicted molar refractivity (Wildman–Crippen MR) is 38.6 cm³/mol. The largest absolute Gasteiger partial charge is 0.393 e. The van der Waals surface area contributed by atoms with E-state index in [-0.39, 0.29) is 12.3 Å². The first-order valence-electron chi connectivity index (χ1n) is 4.05. The minimum absolute atomic E-state index is 0.159. The van der Waals surface area contributed by atoms with Gasteiger partial charge in [-0.1, -0.05) is 6.42 Å². The van der Waals surface area contributed by atoms with Crippen molar-refractivity contribution in [2.24, 2.45) is 5.92 Å². The third-order valence-electron chi connectivity index (χ3n) is 2.24. The fourth-order valence-corrected chi connectivity index (χ4v) is 1.72. The zero-order valence-corrected chi connectivity index (χ0v) is 6.69. The first-order valence-corrected chi connectivity index (χ1v) is 4.05. The molecule has 1 N–H and O–H groups in total. The minimum Gasteiger partial charge on any atom is -0.393 e. The zero-order chi connectivity index (χ0) is 8.48. The average Bonchev–Trinajstić information content (AvgIpc) is 2.12. The molecule has 0 aromatic rings. The summed E-state index contributed by atoms with van der Waals surface area (Å²) in [4.78, 5) is 0. The van der Waals surface area contributed by atoms with Gasteiger partial charge in [-0.05, 0) is 25.7 Å². The fourth-order valence-electron chi connectivity index (χ4n) is 1.72. The van der Waals surface area contributed by atoms with Gasteiger partial charge in [0, 0.05) is 6.42 Å². The number of aliphatic hydroxyl groups excluding tert-OH is 1. The van der Waals surface area contributed by atoms with E-state index in [0.717, 1.165) is 19.8 Å². The summed E-state index contributed by atoms with van der Waals surface area (Å²) in [5.41, 5.74) is 0. The van der Waals surface area contributed by atoms with Crippen LogP contribution >= 0.6 is 0 Å². The third kappa shape index (κ3) is 2.73. The highest BCUT2D eigenvalue weighted by Crippen LogP contribution is 2.34. The summed E-state index contributed by atoms with van der Waals surface area (Å²) < 4.78 is 24.9. The van der Waals surface area contributed by atoms with Crippen molar-refractivity contribution in [2.45, 2.75) is 44.6 Å². The second kappa shape index (κ2) is 3.05. The Balaban J connectivity index is 2.37. The maximum Gasteiger partial charge on any atom is 0.245 e. The van der Waals surface area contributed by atoms with Gasteiger partial charge in [0.15, 0.2) is 0 Å². The normalized spacial score (nSPS) is 32.7. The van der Waals surface area contributed by atoms with Gasteiger partial charge in [0.1, 0.15) is 0 Å². The highest BCUT2D eigenvalue weighted by atomic mass is 19.3. The Kier molecular flexibility index (Phi) is 2.47. The summed E-state index contributed by atoms with van der Waals surface area (Å²) in [7, 11) is 0. The summed E-state index contributed by atoms with van der Waals surface area (Å²) in [5, 5.41) is 9.22. The summed E-state index contributed by atoms with van der Waals surface area (Å²) in [6.45, 7) is 0.915. The van der Waals surface area contributed by atoms with Gasteiger partial charge in [-0.15, -0.1) is 0 Å².